The van der Waals surface area contributed by atoms with Gasteiger partial charge in [0.25, 0.3) is 0 Å². The summed E-state index contributed by atoms with van der Waals surface area (Å²) < 4.78 is 53.1. The molecular formula is C71H118N4O21. The number of nitrogens with zero attached hydrogens (tertiary/aromatic N) is 1. The van der Waals surface area contributed by atoms with Crippen molar-refractivity contribution in [2.45, 2.75) is 286 Å². The average Bonchev–Trinajstić information content (AvgIpc) is 0.803. The Balaban J connectivity index is 1.32. The number of ketones is 2. The van der Waals surface area contributed by atoms with Crippen LogP contribution < -0.4 is 17.2 Å². The van der Waals surface area contributed by atoms with Crippen molar-refractivity contribution in [1.29, 1.82) is 0 Å². The highest BCUT2D eigenvalue weighted by molar-refractivity contribution is 6.25. The lowest BCUT2D eigenvalue weighted by molar-refractivity contribution is -0.409. The number of esters is 1. The van der Waals surface area contributed by atoms with Crippen molar-refractivity contribution in [3.8, 4) is 0 Å². The van der Waals surface area contributed by atoms with Crippen LogP contribution in [0.15, 0.2) is 58.5 Å². The zero-order valence-electron chi connectivity index (χ0n) is 61.4. The molecule has 25 heteroatoms. The van der Waals surface area contributed by atoms with Crippen molar-refractivity contribution in [3.63, 3.8) is 0 Å². The number of aliphatic hydroxyl groups excluding tert-OH is 4. The average molecular weight is 1360 g/mol. The predicted octanol–water partition coefficient (Wildman–Crippen LogP) is 2.76. The van der Waals surface area contributed by atoms with Gasteiger partial charge in [0.1, 0.15) is 50.3 Å². The molecule has 0 bridgehead atoms. The quantitative estimate of drug-likeness (QED) is 0.0397. The molecule has 0 aromatic rings. The standard InChI is InChI=1S/C71H118N4O21/c1-24-26-27-29-47(80)48-46-31-43-30-44(28-25-2)75(32-45(43)49(81)61(46,13)92-50(48)82)65(17)60(12,42-91-38-52(4)56(8,35-78)96-71(23,88)64(16,74)67(52,19)84)94-55(7,34-77)53(5,68(65,20)85)39-90-40-58(10)62(14,72)66(18,83)51(3,54(6,33-76)93-58)37-89-41-59(11)63(15,73)70(22,87)69(21,86)57(9,36-79)95-59/h25,28,30-32,76-79,83-88H,24,26-27,29,33-42,72-74H2,1-23H3/t51-,52-,53-,54?,55?,56?,57?,58+,59+,60+,61?,62?,63?,64?,65?,66-,67-,68-,69-,70+,71-/m1/s1. The van der Waals surface area contributed by atoms with Crippen molar-refractivity contribution in [3.05, 3.63) is 58.5 Å². The molecule has 21 atom stereocenters. The van der Waals surface area contributed by atoms with Crippen molar-refractivity contribution in [2.75, 3.05) is 66.1 Å². The van der Waals surface area contributed by atoms with E-state index in [1.54, 1.807) is 112 Å². The smallest absolute Gasteiger partial charge is 0.343 e. The summed E-state index contributed by atoms with van der Waals surface area (Å²) in [5, 5.41) is 121. The Hall–Kier alpha value is -3.49. The van der Waals surface area contributed by atoms with Crippen LogP contribution in [-0.2, 0) is 52.3 Å². The Bertz CT molecular complexity index is 3240. The van der Waals surface area contributed by atoms with Gasteiger partial charge in [-0.2, -0.15) is 0 Å². The van der Waals surface area contributed by atoms with Gasteiger partial charge >= 0.3 is 5.97 Å². The molecule has 1 aliphatic carbocycles. The topological polar surface area (TPSA) is 409 Å². The van der Waals surface area contributed by atoms with Crippen LogP contribution in [0, 0.1) is 16.2 Å². The molecule has 0 aromatic heterocycles. The lowest BCUT2D eigenvalue weighted by atomic mass is 9.50. The number of hydrogen-bond donors (Lipinski definition) is 13. The van der Waals surface area contributed by atoms with E-state index in [9.17, 15) is 60.7 Å². The van der Waals surface area contributed by atoms with Gasteiger partial charge in [0, 0.05) is 29.5 Å². The number of rotatable bonds is 23. The maximum Gasteiger partial charge on any atom is 0.343 e. The number of carbonyl (C=O) groups is 3. The number of unbranched alkanes of at least 4 members (excludes halogenated alkanes) is 2. The van der Waals surface area contributed by atoms with Gasteiger partial charge in [0.15, 0.2) is 17.2 Å². The molecule has 4 fully saturated rings. The van der Waals surface area contributed by atoms with Crippen molar-refractivity contribution in [1.82, 2.24) is 4.90 Å². The van der Waals surface area contributed by atoms with Gasteiger partial charge in [-0.1, -0.05) is 46.6 Å². The summed E-state index contributed by atoms with van der Waals surface area (Å²) in [5.41, 5.74) is -15.3. The second-order valence-electron chi connectivity index (χ2n) is 33.2. The summed E-state index contributed by atoms with van der Waals surface area (Å²) >= 11 is 0. The summed E-state index contributed by atoms with van der Waals surface area (Å²) in [6, 6.07) is 0. The maximum absolute atomic E-state index is 15.4. The zero-order valence-corrected chi connectivity index (χ0v) is 61.4. The SMILES string of the molecule is CC=CC1=CC2=CC3=C(C(=O)CCCCC)C(=O)OC3(C)C(=O)C2=CN1C1(C)[C@](C)(O)[C@](C)(COC[C@]2(C)OC(C)(CO)[C@@](C)(COC[C@]3(C)OC(C)(CO)[C@@](C)(O)[C@@](C)(O)C3(C)N)[C@@](C)(O)C2(C)N)C(C)(CO)O[C@@]1(C)COC[C@]1(C)C(C)(CO)O[C@@](C)(O)C(C)(N)[C@]1(C)O. The van der Waals surface area contributed by atoms with Gasteiger partial charge in [-0.15, -0.1) is 0 Å². The van der Waals surface area contributed by atoms with E-state index < -0.39 is 187 Å². The van der Waals surface area contributed by atoms with Crippen LogP contribution in [0.3, 0.4) is 0 Å². The van der Waals surface area contributed by atoms with Crippen LogP contribution in [0.5, 0.6) is 0 Å². The van der Waals surface area contributed by atoms with Gasteiger partial charge in [0.2, 0.25) is 5.78 Å². The fourth-order valence-electron chi connectivity index (χ4n) is 17.0. The minimum absolute atomic E-state index is 0.0362. The summed E-state index contributed by atoms with van der Waals surface area (Å²) in [6.07, 6.45) is 10.5. The van der Waals surface area contributed by atoms with E-state index in [0.717, 1.165) is 12.8 Å². The van der Waals surface area contributed by atoms with Gasteiger partial charge in [-0.05, 0) is 162 Å². The number of carbonyl (C=O) groups excluding carboxylic acids is 3. The van der Waals surface area contributed by atoms with Gasteiger partial charge in [-0.25, -0.2) is 4.79 Å². The van der Waals surface area contributed by atoms with E-state index in [0.29, 0.717) is 17.7 Å². The molecule has 0 spiro atoms. The summed E-state index contributed by atoms with van der Waals surface area (Å²) in [6.45, 7) is 30.1. The molecule has 0 amide bonds. The van der Waals surface area contributed by atoms with Crippen LogP contribution in [0.1, 0.15) is 185 Å². The first kappa shape index (κ1) is 79.8. The van der Waals surface area contributed by atoms with E-state index in [2.05, 4.69) is 0 Å². The second kappa shape index (κ2) is 24.1. The number of allylic oxidation sites excluding steroid dienone is 4. The number of ether oxygens (including phenoxy) is 8. The van der Waals surface area contributed by atoms with Gasteiger partial charge in [0.05, 0.1) is 127 Å². The Morgan fingerprint density at radius 2 is 0.917 bits per heavy atom. The largest absolute Gasteiger partial charge is 0.442 e. The summed E-state index contributed by atoms with van der Waals surface area (Å²) in [5.74, 6) is -4.21. The molecule has 6 aliphatic heterocycles. The third kappa shape index (κ3) is 10.1. The molecular weight excluding hydrogens is 1240 g/mol. The molecule has 0 radical (unpaired) electrons. The molecule has 96 heavy (non-hydrogen) atoms. The van der Waals surface area contributed by atoms with E-state index in [1.807, 2.05) is 6.92 Å². The fraction of sp³-hybridized carbons (Fsp3) is 0.817. The number of nitrogens with two attached hydrogens (primary N) is 3. The first-order valence-electron chi connectivity index (χ1n) is 33.6. The van der Waals surface area contributed by atoms with E-state index in [-0.39, 0.29) is 36.4 Å². The van der Waals surface area contributed by atoms with Gasteiger partial charge in [-0.3, -0.25) is 9.59 Å². The van der Waals surface area contributed by atoms with Crippen molar-refractivity contribution >= 4 is 17.5 Å². The molecule has 6 heterocycles. The number of Topliss-reactive ketones (excluding diaryl/α,β-unsaturated/α-hetero) is 2. The highest BCUT2D eigenvalue weighted by Crippen LogP contribution is 2.64. The first-order valence-corrected chi connectivity index (χ1v) is 33.6. The lowest BCUT2D eigenvalue weighted by Gasteiger charge is -2.72. The Morgan fingerprint density at radius 1 is 0.510 bits per heavy atom. The van der Waals surface area contributed by atoms with Crippen molar-refractivity contribution in [2.24, 2.45) is 33.4 Å². The molecule has 25 nitrogen and oxygen atoms in total. The molecule has 9 unspecified atom stereocenters. The normalized spacial score (nSPS) is 50.5. The summed E-state index contributed by atoms with van der Waals surface area (Å²) in [4.78, 5) is 44.6. The molecule has 548 valence electrons. The third-order valence-corrected chi connectivity index (χ3v) is 27.7. The Labute approximate surface area is 567 Å². The van der Waals surface area contributed by atoms with Crippen molar-refractivity contribution < 1.29 is 103 Å². The molecule has 4 saturated heterocycles. The Morgan fingerprint density at radius 3 is 1.36 bits per heavy atom. The minimum Gasteiger partial charge on any atom is -0.442 e. The van der Waals surface area contributed by atoms with Crippen LogP contribution in [-0.4, -0.2) is 240 Å². The van der Waals surface area contributed by atoms with Crippen LogP contribution in [0.25, 0.3) is 0 Å². The highest BCUT2D eigenvalue weighted by Gasteiger charge is 2.79. The van der Waals surface area contributed by atoms with E-state index in [4.69, 9.17) is 55.1 Å². The minimum atomic E-state index is -2.24. The lowest BCUT2D eigenvalue weighted by Crippen LogP contribution is -2.88. The summed E-state index contributed by atoms with van der Waals surface area (Å²) in [7, 11) is 0. The van der Waals surface area contributed by atoms with Crippen LogP contribution >= 0.6 is 0 Å². The first-order chi connectivity index (χ1) is 43.2. The third-order valence-electron chi connectivity index (χ3n) is 27.7. The monoisotopic (exact) mass is 1360 g/mol. The molecule has 16 N–H and O–H groups in total. The second-order valence-corrected chi connectivity index (χ2v) is 33.2. The molecule has 0 aromatic carbocycles. The predicted molar refractivity (Wildman–Crippen MR) is 355 cm³/mol. The molecule has 7 aliphatic rings. The van der Waals surface area contributed by atoms with E-state index in [1.165, 1.54) is 75.4 Å². The molecule has 0 saturated carbocycles. The number of aliphatic hydroxyl groups is 10. The Kier molecular flexibility index (Phi) is 20.0. The number of fused-ring (bicyclic) bond motifs is 2. The maximum atomic E-state index is 15.4. The van der Waals surface area contributed by atoms with E-state index >= 15 is 4.79 Å². The van der Waals surface area contributed by atoms with Crippen LogP contribution in [0.2, 0.25) is 0 Å². The fourth-order valence-corrected chi connectivity index (χ4v) is 17.0. The highest BCUT2D eigenvalue weighted by atomic mass is 16.7. The molecule has 7 rings (SSSR count). The zero-order chi connectivity index (χ0) is 73.8. The number of hydrogen-bond acceptors (Lipinski definition) is 25. The van der Waals surface area contributed by atoms with Crippen LogP contribution in [0.4, 0.5) is 0 Å². The van der Waals surface area contributed by atoms with Gasteiger partial charge < -0.3 is 111 Å².